The zero-order valence-electron chi connectivity index (χ0n) is 7.55. The molecule has 0 amide bonds. The summed E-state index contributed by atoms with van der Waals surface area (Å²) in [5, 5.41) is 0. The summed E-state index contributed by atoms with van der Waals surface area (Å²) >= 11 is 3.34. The van der Waals surface area contributed by atoms with Crippen LogP contribution in [0.1, 0.15) is 0 Å². The molecule has 0 aromatic carbocycles. The van der Waals surface area contributed by atoms with Crippen molar-refractivity contribution in [2.45, 2.75) is 0 Å². The molecule has 6 nitrogen and oxygen atoms in total. The van der Waals surface area contributed by atoms with Crippen LogP contribution < -0.4 is 11.5 Å². The van der Waals surface area contributed by atoms with Gasteiger partial charge in [-0.1, -0.05) is 0 Å². The van der Waals surface area contributed by atoms with E-state index < -0.39 is 0 Å². The molecule has 0 bridgehead atoms. The zero-order chi connectivity index (χ0) is 10.8. The molecule has 0 aliphatic heterocycles. The zero-order valence-corrected chi connectivity index (χ0v) is 9.14. The van der Waals surface area contributed by atoms with Crippen molar-refractivity contribution in [3.05, 3.63) is 22.8 Å². The largest absolute Gasteiger partial charge is 0.368 e. The van der Waals surface area contributed by atoms with Gasteiger partial charge < -0.3 is 11.5 Å². The van der Waals surface area contributed by atoms with E-state index in [9.17, 15) is 0 Å². The minimum absolute atomic E-state index is 0.0788. The van der Waals surface area contributed by atoms with Crippen molar-refractivity contribution in [1.82, 2.24) is 19.9 Å². The second-order valence-corrected chi connectivity index (χ2v) is 3.56. The number of hydrogen-bond donors (Lipinski definition) is 2. The van der Waals surface area contributed by atoms with E-state index in [-0.39, 0.29) is 11.9 Å². The van der Waals surface area contributed by atoms with E-state index in [4.69, 9.17) is 11.5 Å². The van der Waals surface area contributed by atoms with Crippen LogP contribution in [0.15, 0.2) is 22.8 Å². The van der Waals surface area contributed by atoms with E-state index in [1.165, 1.54) is 0 Å². The number of nitrogens with two attached hydrogens (primary N) is 2. The molecule has 4 N–H and O–H groups in total. The number of nitrogens with zero attached hydrogens (tertiary/aromatic N) is 4. The third-order valence-electron chi connectivity index (χ3n) is 1.64. The highest BCUT2D eigenvalue weighted by molar-refractivity contribution is 9.10. The molecule has 2 rings (SSSR count). The summed E-state index contributed by atoms with van der Waals surface area (Å²) < 4.78 is 0.773. The molecule has 0 saturated carbocycles. The number of rotatable bonds is 1. The Morgan fingerprint density at radius 2 is 1.73 bits per heavy atom. The Balaban J connectivity index is 2.59. The molecule has 0 saturated heterocycles. The highest BCUT2D eigenvalue weighted by atomic mass is 79.9. The summed E-state index contributed by atoms with van der Waals surface area (Å²) in [5.74, 6) is 0.512. The lowest BCUT2D eigenvalue weighted by molar-refractivity contribution is 1.07. The van der Waals surface area contributed by atoms with E-state index in [1.54, 1.807) is 12.3 Å². The van der Waals surface area contributed by atoms with Crippen molar-refractivity contribution in [2.24, 2.45) is 0 Å². The third kappa shape index (κ3) is 2.01. The number of nitrogen functional groups attached to an aromatic ring is 2. The van der Waals surface area contributed by atoms with Crippen LogP contribution in [0.3, 0.4) is 0 Å². The molecular weight excluding hydrogens is 260 g/mol. The molecular formula is C8H7BrN6. The average molecular weight is 267 g/mol. The van der Waals surface area contributed by atoms with Crippen LogP contribution >= 0.6 is 15.9 Å². The van der Waals surface area contributed by atoms with E-state index in [0.717, 1.165) is 4.47 Å². The summed E-state index contributed by atoms with van der Waals surface area (Å²) in [6.07, 6.45) is 1.64. The van der Waals surface area contributed by atoms with E-state index in [2.05, 4.69) is 35.9 Å². The van der Waals surface area contributed by atoms with Gasteiger partial charge >= 0.3 is 0 Å². The van der Waals surface area contributed by atoms with Gasteiger partial charge in [0, 0.05) is 10.7 Å². The molecule has 0 aliphatic rings. The fourth-order valence-electron chi connectivity index (χ4n) is 1.07. The molecule has 2 aromatic heterocycles. The summed E-state index contributed by atoms with van der Waals surface area (Å²) in [6, 6.07) is 3.62. The van der Waals surface area contributed by atoms with Crippen LogP contribution in [-0.4, -0.2) is 19.9 Å². The first-order valence-electron chi connectivity index (χ1n) is 4.05. The van der Waals surface area contributed by atoms with Gasteiger partial charge in [-0.3, -0.25) is 4.98 Å². The molecule has 0 spiro atoms. The van der Waals surface area contributed by atoms with Crippen LogP contribution in [0.5, 0.6) is 0 Å². The monoisotopic (exact) mass is 266 g/mol. The molecule has 0 radical (unpaired) electrons. The van der Waals surface area contributed by atoms with Gasteiger partial charge in [0.05, 0.1) is 0 Å². The van der Waals surface area contributed by atoms with Crippen LogP contribution in [0.4, 0.5) is 11.9 Å². The Kier molecular flexibility index (Phi) is 2.46. The van der Waals surface area contributed by atoms with Gasteiger partial charge in [0.2, 0.25) is 11.9 Å². The molecule has 2 heterocycles. The Morgan fingerprint density at radius 1 is 1.07 bits per heavy atom. The molecule has 0 fully saturated rings. The maximum atomic E-state index is 5.46. The highest BCUT2D eigenvalue weighted by Crippen LogP contribution is 2.22. The molecule has 7 heteroatoms. The number of aromatic nitrogens is 4. The minimum Gasteiger partial charge on any atom is -0.368 e. The fraction of sp³-hybridized carbons (Fsp3) is 0. The number of anilines is 2. The van der Waals surface area contributed by atoms with Gasteiger partial charge in [-0.15, -0.1) is 0 Å². The standard InChI is InChI=1S/C8H7BrN6/c9-4-2-1-3-12-5(4)6-13-7(10)15-8(11)14-6/h1-3H,(H4,10,11,13,14,15). The Labute approximate surface area is 93.9 Å². The Morgan fingerprint density at radius 3 is 2.33 bits per heavy atom. The van der Waals surface area contributed by atoms with Crippen LogP contribution in [-0.2, 0) is 0 Å². The Hall–Kier alpha value is -1.76. The fourth-order valence-corrected chi connectivity index (χ4v) is 1.50. The number of hydrogen-bond acceptors (Lipinski definition) is 6. The maximum absolute atomic E-state index is 5.46. The average Bonchev–Trinajstić information content (AvgIpc) is 2.16. The van der Waals surface area contributed by atoms with Gasteiger partial charge in [-0.25, -0.2) is 0 Å². The predicted octanol–water partition coefficient (Wildman–Crippen LogP) is 0.860. The van der Waals surface area contributed by atoms with E-state index >= 15 is 0 Å². The lowest BCUT2D eigenvalue weighted by Crippen LogP contribution is -2.05. The topological polar surface area (TPSA) is 104 Å². The lowest BCUT2D eigenvalue weighted by Gasteiger charge is -2.02. The van der Waals surface area contributed by atoms with Crippen molar-refractivity contribution < 1.29 is 0 Å². The smallest absolute Gasteiger partial charge is 0.225 e. The van der Waals surface area contributed by atoms with Gasteiger partial charge in [0.15, 0.2) is 5.82 Å². The quantitative estimate of drug-likeness (QED) is 0.794. The van der Waals surface area contributed by atoms with Crippen molar-refractivity contribution in [3.63, 3.8) is 0 Å². The first kappa shape index (κ1) is 9.78. The van der Waals surface area contributed by atoms with Gasteiger partial charge in [0.25, 0.3) is 0 Å². The van der Waals surface area contributed by atoms with Crippen molar-refractivity contribution in [2.75, 3.05) is 11.5 Å². The van der Waals surface area contributed by atoms with Crippen LogP contribution in [0.2, 0.25) is 0 Å². The molecule has 15 heavy (non-hydrogen) atoms. The van der Waals surface area contributed by atoms with Gasteiger partial charge in [-0.05, 0) is 28.1 Å². The molecule has 0 unspecified atom stereocenters. The number of pyridine rings is 1. The van der Waals surface area contributed by atoms with Crippen molar-refractivity contribution in [3.8, 4) is 11.5 Å². The van der Waals surface area contributed by atoms with E-state index in [0.29, 0.717) is 11.5 Å². The SMILES string of the molecule is Nc1nc(N)nc(-c2ncccc2Br)n1. The van der Waals surface area contributed by atoms with Crippen LogP contribution in [0, 0.1) is 0 Å². The molecule has 2 aromatic rings. The second kappa shape index (κ2) is 3.77. The summed E-state index contributed by atoms with van der Waals surface area (Å²) in [7, 11) is 0. The summed E-state index contributed by atoms with van der Waals surface area (Å²) in [4.78, 5) is 15.7. The van der Waals surface area contributed by atoms with Gasteiger partial charge in [-0.2, -0.15) is 15.0 Å². The molecule has 0 atom stereocenters. The number of halogens is 1. The lowest BCUT2D eigenvalue weighted by atomic mass is 10.3. The van der Waals surface area contributed by atoms with Crippen molar-refractivity contribution in [1.29, 1.82) is 0 Å². The predicted molar refractivity (Wildman–Crippen MR) is 59.6 cm³/mol. The minimum atomic E-state index is 0.0788. The van der Waals surface area contributed by atoms with Gasteiger partial charge in [0.1, 0.15) is 5.69 Å². The van der Waals surface area contributed by atoms with E-state index in [1.807, 2.05) is 6.07 Å². The third-order valence-corrected chi connectivity index (χ3v) is 2.28. The first-order valence-corrected chi connectivity index (χ1v) is 4.84. The normalized spacial score (nSPS) is 10.2. The van der Waals surface area contributed by atoms with Crippen molar-refractivity contribution >= 4 is 27.8 Å². The molecule has 76 valence electrons. The van der Waals surface area contributed by atoms with Crippen LogP contribution in [0.25, 0.3) is 11.5 Å². The second-order valence-electron chi connectivity index (χ2n) is 2.71. The summed E-state index contributed by atoms with van der Waals surface area (Å²) in [5.41, 5.74) is 11.5. The maximum Gasteiger partial charge on any atom is 0.225 e. The highest BCUT2D eigenvalue weighted by Gasteiger charge is 2.09. The Bertz CT molecular complexity index is 480. The summed E-state index contributed by atoms with van der Waals surface area (Å²) in [6.45, 7) is 0. The first-order chi connectivity index (χ1) is 7.16. The molecule has 0 aliphatic carbocycles.